The summed E-state index contributed by atoms with van der Waals surface area (Å²) >= 11 is 0. The Morgan fingerprint density at radius 1 is 1.18 bits per heavy atom. The van der Waals surface area contributed by atoms with Crippen LogP contribution in [0, 0.1) is 20.2 Å². The Morgan fingerprint density at radius 2 is 1.65 bits per heavy atom. The lowest BCUT2D eigenvalue weighted by Crippen LogP contribution is -2.02. The predicted molar refractivity (Wildman–Crippen MR) is 62.8 cm³/mol. The second-order valence-electron chi connectivity index (χ2n) is 3.67. The minimum absolute atomic E-state index is 0.389. The number of aryl methyl sites for hydroxylation is 1. The van der Waals surface area contributed by atoms with Gasteiger partial charge in [-0.2, -0.15) is 0 Å². The van der Waals surface area contributed by atoms with E-state index in [0.29, 0.717) is 12.0 Å². The van der Waals surface area contributed by atoms with Gasteiger partial charge in [-0.05, 0) is 18.4 Å². The molecule has 0 aliphatic carbocycles. The van der Waals surface area contributed by atoms with E-state index in [1.54, 1.807) is 0 Å². The lowest BCUT2D eigenvalue weighted by Gasteiger charge is -2.03. The highest BCUT2D eigenvalue weighted by Crippen LogP contribution is 2.33. The van der Waals surface area contributed by atoms with Crippen LogP contribution in [-0.2, 0) is 6.42 Å². The van der Waals surface area contributed by atoms with E-state index in [4.69, 9.17) is 5.73 Å². The highest BCUT2D eigenvalue weighted by Gasteiger charge is 2.23. The van der Waals surface area contributed by atoms with Crippen molar-refractivity contribution in [3.8, 4) is 0 Å². The highest BCUT2D eigenvalue weighted by molar-refractivity contribution is 5.71. The number of nitrogens with zero attached hydrogens (tertiary/aromatic N) is 2. The van der Waals surface area contributed by atoms with Gasteiger partial charge in [0.25, 0.3) is 11.4 Å². The van der Waals surface area contributed by atoms with E-state index in [-0.39, 0.29) is 5.69 Å². The largest absolute Gasteiger partial charge is 0.388 e. The molecule has 0 bridgehead atoms. The van der Waals surface area contributed by atoms with Crippen molar-refractivity contribution in [2.45, 2.75) is 26.2 Å². The molecular formula is C10H13N3O4. The molecule has 92 valence electrons. The summed E-state index contributed by atoms with van der Waals surface area (Å²) in [5.41, 5.74) is 4.78. The first-order chi connectivity index (χ1) is 7.97. The van der Waals surface area contributed by atoms with Crippen LogP contribution in [0.25, 0.3) is 0 Å². The van der Waals surface area contributed by atoms with Gasteiger partial charge in [0.05, 0.1) is 9.85 Å². The highest BCUT2D eigenvalue weighted by atomic mass is 16.6. The number of unbranched alkanes of at least 4 members (excludes halogenated alkanes) is 1. The van der Waals surface area contributed by atoms with Crippen molar-refractivity contribution < 1.29 is 9.85 Å². The molecule has 1 aromatic carbocycles. The van der Waals surface area contributed by atoms with E-state index in [1.165, 1.54) is 12.1 Å². The van der Waals surface area contributed by atoms with Gasteiger partial charge in [-0.1, -0.05) is 13.3 Å². The molecule has 0 aromatic heterocycles. The third kappa shape index (κ3) is 2.90. The fourth-order valence-corrected chi connectivity index (χ4v) is 1.51. The van der Waals surface area contributed by atoms with Gasteiger partial charge in [-0.15, -0.1) is 0 Å². The molecule has 1 rings (SSSR count). The Hall–Kier alpha value is -2.18. The molecule has 0 heterocycles. The molecule has 0 saturated carbocycles. The van der Waals surface area contributed by atoms with Gasteiger partial charge in [-0.3, -0.25) is 20.2 Å². The van der Waals surface area contributed by atoms with Crippen LogP contribution in [0.2, 0.25) is 0 Å². The van der Waals surface area contributed by atoms with Gasteiger partial charge in [0.2, 0.25) is 0 Å². The van der Waals surface area contributed by atoms with Gasteiger partial charge in [0.15, 0.2) is 5.69 Å². The quantitative estimate of drug-likeness (QED) is 0.481. The summed E-state index contributed by atoms with van der Waals surface area (Å²) in [5, 5.41) is 21.5. The van der Waals surface area contributed by atoms with Crippen LogP contribution < -0.4 is 5.73 Å². The molecule has 0 saturated heterocycles. The molecule has 0 amide bonds. The molecule has 17 heavy (non-hydrogen) atoms. The van der Waals surface area contributed by atoms with Gasteiger partial charge >= 0.3 is 0 Å². The smallest absolute Gasteiger partial charge is 0.299 e. The summed E-state index contributed by atoms with van der Waals surface area (Å²) < 4.78 is 0. The average Bonchev–Trinajstić information content (AvgIpc) is 2.26. The Labute approximate surface area is 97.5 Å². The zero-order chi connectivity index (χ0) is 13.0. The first-order valence-electron chi connectivity index (χ1n) is 5.18. The fraction of sp³-hybridized carbons (Fsp3) is 0.400. The summed E-state index contributed by atoms with van der Waals surface area (Å²) in [6.07, 6.45) is 2.29. The standard InChI is InChI=1S/C10H13N3O4/c1-2-3-4-7-5-8(12(14)15)10(11)9(6-7)13(16)17/h5-6H,2-4,11H2,1H3. The van der Waals surface area contributed by atoms with E-state index in [1.807, 2.05) is 6.92 Å². The lowest BCUT2D eigenvalue weighted by molar-refractivity contribution is -0.392. The summed E-state index contributed by atoms with van der Waals surface area (Å²) in [6.45, 7) is 1.97. The molecule has 0 spiro atoms. The van der Waals surface area contributed by atoms with Crippen molar-refractivity contribution >= 4 is 17.1 Å². The maximum Gasteiger partial charge on any atom is 0.299 e. The first-order valence-corrected chi connectivity index (χ1v) is 5.18. The van der Waals surface area contributed by atoms with Crippen LogP contribution >= 0.6 is 0 Å². The number of hydrogen-bond donors (Lipinski definition) is 1. The van der Waals surface area contributed by atoms with Crippen molar-refractivity contribution in [2.24, 2.45) is 0 Å². The molecule has 0 aliphatic rings. The molecule has 0 fully saturated rings. The van der Waals surface area contributed by atoms with Crippen LogP contribution in [-0.4, -0.2) is 9.85 Å². The van der Waals surface area contributed by atoms with E-state index in [2.05, 4.69) is 0 Å². The van der Waals surface area contributed by atoms with Crippen molar-refractivity contribution in [2.75, 3.05) is 5.73 Å². The zero-order valence-corrected chi connectivity index (χ0v) is 9.38. The van der Waals surface area contributed by atoms with Crippen molar-refractivity contribution in [1.29, 1.82) is 0 Å². The second-order valence-corrected chi connectivity index (χ2v) is 3.67. The minimum atomic E-state index is -0.697. The Bertz CT molecular complexity index is 424. The molecule has 0 aliphatic heterocycles. The normalized spacial score (nSPS) is 10.2. The fourth-order valence-electron chi connectivity index (χ4n) is 1.51. The SMILES string of the molecule is CCCCc1cc([N+](=O)[O-])c(N)c([N+](=O)[O-])c1. The number of rotatable bonds is 5. The number of hydrogen-bond acceptors (Lipinski definition) is 5. The van der Waals surface area contributed by atoms with E-state index in [9.17, 15) is 20.2 Å². The Balaban J connectivity index is 3.26. The first kappa shape index (κ1) is 12.9. The van der Waals surface area contributed by atoms with Gasteiger partial charge < -0.3 is 5.73 Å². The summed E-state index contributed by atoms with van der Waals surface area (Å²) in [4.78, 5) is 20.1. The molecule has 7 heteroatoms. The van der Waals surface area contributed by atoms with E-state index < -0.39 is 21.2 Å². The Morgan fingerprint density at radius 3 is 2.00 bits per heavy atom. The molecule has 1 aromatic rings. The van der Waals surface area contributed by atoms with Crippen LogP contribution in [0.15, 0.2) is 12.1 Å². The summed E-state index contributed by atoms with van der Waals surface area (Å²) in [7, 11) is 0. The Kier molecular flexibility index (Phi) is 3.97. The van der Waals surface area contributed by atoms with Crippen molar-refractivity contribution in [3.63, 3.8) is 0 Å². The molecule has 7 nitrogen and oxygen atoms in total. The van der Waals surface area contributed by atoms with Crippen molar-refractivity contribution in [1.82, 2.24) is 0 Å². The number of benzene rings is 1. The monoisotopic (exact) mass is 239 g/mol. The lowest BCUT2D eigenvalue weighted by atomic mass is 10.1. The third-order valence-corrected chi connectivity index (χ3v) is 2.41. The van der Waals surface area contributed by atoms with Crippen LogP contribution in [0.1, 0.15) is 25.3 Å². The predicted octanol–water partition coefficient (Wildman–Crippen LogP) is 2.43. The number of nitro groups is 2. The van der Waals surface area contributed by atoms with Gasteiger partial charge in [0, 0.05) is 12.1 Å². The maximum absolute atomic E-state index is 10.7. The maximum atomic E-state index is 10.7. The number of nitrogens with two attached hydrogens (primary N) is 1. The second kappa shape index (κ2) is 5.24. The molecule has 0 unspecified atom stereocenters. The topological polar surface area (TPSA) is 112 Å². The zero-order valence-electron chi connectivity index (χ0n) is 9.38. The van der Waals surface area contributed by atoms with E-state index >= 15 is 0 Å². The number of nitro benzene ring substituents is 2. The summed E-state index contributed by atoms with van der Waals surface area (Å²) in [6, 6.07) is 2.61. The van der Waals surface area contributed by atoms with Crippen LogP contribution in [0.3, 0.4) is 0 Å². The van der Waals surface area contributed by atoms with Gasteiger partial charge in [-0.25, -0.2) is 0 Å². The van der Waals surface area contributed by atoms with Crippen LogP contribution in [0.5, 0.6) is 0 Å². The van der Waals surface area contributed by atoms with E-state index in [0.717, 1.165) is 12.8 Å². The third-order valence-electron chi connectivity index (χ3n) is 2.41. The molecule has 0 atom stereocenters. The molecule has 2 N–H and O–H groups in total. The van der Waals surface area contributed by atoms with Gasteiger partial charge in [0.1, 0.15) is 0 Å². The number of nitrogen functional groups attached to an aromatic ring is 1. The van der Waals surface area contributed by atoms with Crippen molar-refractivity contribution in [3.05, 3.63) is 37.9 Å². The number of anilines is 1. The molecule has 0 radical (unpaired) electrons. The summed E-state index contributed by atoms with van der Waals surface area (Å²) in [5.74, 6) is 0. The minimum Gasteiger partial charge on any atom is -0.388 e. The molecular weight excluding hydrogens is 226 g/mol. The van der Waals surface area contributed by atoms with Crippen LogP contribution in [0.4, 0.5) is 17.1 Å². The average molecular weight is 239 g/mol.